The van der Waals surface area contributed by atoms with Crippen LogP contribution < -0.4 is 10.0 Å². The summed E-state index contributed by atoms with van der Waals surface area (Å²) in [7, 11) is -4.16. The van der Waals surface area contributed by atoms with Gasteiger partial charge < -0.3 is 5.32 Å². The van der Waals surface area contributed by atoms with Crippen LogP contribution in [0.4, 0.5) is 10.1 Å². The second kappa shape index (κ2) is 10.6. The van der Waals surface area contributed by atoms with Crippen molar-refractivity contribution in [3.05, 3.63) is 130 Å². The number of halogens is 3. The number of sulfonamides is 1. The quantitative estimate of drug-likeness (QED) is 0.289. The molecular weight excluding hydrogens is 510 g/mol. The first-order chi connectivity index (χ1) is 16.7. The second-order valence-electron chi connectivity index (χ2n) is 7.60. The van der Waals surface area contributed by atoms with Gasteiger partial charge in [0.2, 0.25) is 10.0 Å². The van der Waals surface area contributed by atoms with Crippen molar-refractivity contribution in [2.45, 2.75) is 10.9 Å². The third-order valence-electron chi connectivity index (χ3n) is 5.21. The molecule has 0 aromatic heterocycles. The van der Waals surface area contributed by atoms with E-state index in [-0.39, 0.29) is 15.6 Å². The van der Waals surface area contributed by atoms with Crippen molar-refractivity contribution in [1.82, 2.24) is 4.72 Å². The third-order valence-corrected chi connectivity index (χ3v) is 7.18. The van der Waals surface area contributed by atoms with Crippen molar-refractivity contribution < 1.29 is 17.6 Å². The molecule has 0 spiro atoms. The average Bonchev–Trinajstić information content (AvgIpc) is 2.85. The summed E-state index contributed by atoms with van der Waals surface area (Å²) in [6.45, 7) is 0. The SMILES string of the molecule is O=C(Nc1ccc(Cl)cc1Cl)c1cc(S(=O)(=O)NC(c2ccccc2)c2ccccc2)ccc1F. The molecule has 0 atom stereocenters. The fourth-order valence-electron chi connectivity index (χ4n) is 3.47. The van der Waals surface area contributed by atoms with Crippen LogP contribution in [0.5, 0.6) is 0 Å². The van der Waals surface area contributed by atoms with E-state index in [1.54, 1.807) is 24.3 Å². The molecule has 0 fully saturated rings. The number of amides is 1. The molecule has 2 N–H and O–H groups in total. The number of anilines is 1. The van der Waals surface area contributed by atoms with Crippen LogP contribution in [0.25, 0.3) is 0 Å². The molecule has 0 aliphatic carbocycles. The van der Waals surface area contributed by atoms with Crippen molar-refractivity contribution in [2.24, 2.45) is 0 Å². The first kappa shape index (κ1) is 24.9. The van der Waals surface area contributed by atoms with E-state index in [0.29, 0.717) is 5.02 Å². The van der Waals surface area contributed by atoms with Crippen LogP contribution in [0.15, 0.2) is 102 Å². The smallest absolute Gasteiger partial charge is 0.258 e. The number of rotatable bonds is 7. The summed E-state index contributed by atoms with van der Waals surface area (Å²) >= 11 is 11.9. The van der Waals surface area contributed by atoms with Crippen molar-refractivity contribution in [3.8, 4) is 0 Å². The molecule has 0 aliphatic rings. The highest BCUT2D eigenvalue weighted by atomic mass is 35.5. The molecule has 0 heterocycles. The predicted octanol–water partition coefficient (Wildman–Crippen LogP) is 6.45. The Morgan fingerprint density at radius 3 is 1.97 bits per heavy atom. The van der Waals surface area contributed by atoms with E-state index in [4.69, 9.17) is 23.2 Å². The van der Waals surface area contributed by atoms with E-state index in [2.05, 4.69) is 10.0 Å². The lowest BCUT2D eigenvalue weighted by Crippen LogP contribution is -2.30. The van der Waals surface area contributed by atoms with Crippen LogP contribution >= 0.6 is 23.2 Å². The number of carbonyl (C=O) groups is 1. The van der Waals surface area contributed by atoms with Gasteiger partial charge in [-0.2, -0.15) is 4.72 Å². The van der Waals surface area contributed by atoms with Crippen LogP contribution in [-0.4, -0.2) is 14.3 Å². The van der Waals surface area contributed by atoms with Gasteiger partial charge in [-0.15, -0.1) is 0 Å². The molecule has 1 amide bonds. The fraction of sp³-hybridized carbons (Fsp3) is 0.0385. The molecule has 0 saturated carbocycles. The standard InChI is InChI=1S/C26H19Cl2FN2O3S/c27-19-11-14-24(22(28)15-19)30-26(32)21-16-20(12-13-23(21)29)35(33,34)31-25(17-7-3-1-4-8-17)18-9-5-2-6-10-18/h1-16,25,31H,(H,30,32). The third kappa shape index (κ3) is 5.89. The van der Waals surface area contributed by atoms with Crippen LogP contribution in [-0.2, 0) is 10.0 Å². The zero-order chi connectivity index (χ0) is 25.0. The Morgan fingerprint density at radius 1 is 0.800 bits per heavy atom. The Balaban J connectivity index is 1.66. The Bertz CT molecular complexity index is 1430. The van der Waals surface area contributed by atoms with Gasteiger partial charge in [0, 0.05) is 5.02 Å². The summed E-state index contributed by atoms with van der Waals surface area (Å²) < 4.78 is 43.9. The lowest BCUT2D eigenvalue weighted by Gasteiger charge is -2.20. The van der Waals surface area contributed by atoms with E-state index in [0.717, 1.165) is 29.3 Å². The van der Waals surface area contributed by atoms with Gasteiger partial charge in [0.05, 0.1) is 27.2 Å². The molecule has 0 saturated heterocycles. The van der Waals surface area contributed by atoms with E-state index >= 15 is 0 Å². The van der Waals surface area contributed by atoms with Gasteiger partial charge in [0.15, 0.2) is 0 Å². The minimum atomic E-state index is -4.16. The molecule has 4 aromatic carbocycles. The minimum Gasteiger partial charge on any atom is -0.321 e. The van der Waals surface area contributed by atoms with Gasteiger partial charge in [-0.05, 0) is 47.5 Å². The van der Waals surface area contributed by atoms with Gasteiger partial charge >= 0.3 is 0 Å². The van der Waals surface area contributed by atoms with Crippen LogP contribution in [0, 0.1) is 5.82 Å². The van der Waals surface area contributed by atoms with Crippen molar-refractivity contribution >= 4 is 44.8 Å². The highest BCUT2D eigenvalue weighted by Crippen LogP contribution is 2.28. The fourth-order valence-corrected chi connectivity index (χ4v) is 5.16. The van der Waals surface area contributed by atoms with Crippen molar-refractivity contribution in [1.29, 1.82) is 0 Å². The summed E-state index contributed by atoms with van der Waals surface area (Å²) in [5.41, 5.74) is 1.20. The highest BCUT2D eigenvalue weighted by molar-refractivity contribution is 7.89. The van der Waals surface area contributed by atoms with Crippen LogP contribution in [0.3, 0.4) is 0 Å². The summed E-state index contributed by atoms with van der Waals surface area (Å²) in [6, 6.07) is 24.9. The Hall–Kier alpha value is -3.23. The van der Waals surface area contributed by atoms with Gasteiger partial charge in [0.25, 0.3) is 5.91 Å². The lowest BCUT2D eigenvalue weighted by atomic mass is 10.00. The molecule has 5 nitrogen and oxygen atoms in total. The topological polar surface area (TPSA) is 75.3 Å². The molecule has 9 heteroatoms. The maximum atomic E-state index is 14.5. The van der Waals surface area contributed by atoms with Gasteiger partial charge in [-0.25, -0.2) is 12.8 Å². The zero-order valence-corrected chi connectivity index (χ0v) is 20.4. The Morgan fingerprint density at radius 2 is 1.40 bits per heavy atom. The molecule has 0 bridgehead atoms. The predicted molar refractivity (Wildman–Crippen MR) is 136 cm³/mol. The van der Waals surface area contributed by atoms with Crippen LogP contribution in [0.2, 0.25) is 10.0 Å². The first-order valence-electron chi connectivity index (χ1n) is 10.4. The second-order valence-corrected chi connectivity index (χ2v) is 10.2. The molecule has 35 heavy (non-hydrogen) atoms. The van der Waals surface area contributed by atoms with Gasteiger partial charge in [-0.1, -0.05) is 83.9 Å². The summed E-state index contributed by atoms with van der Waals surface area (Å²) in [5.74, 6) is -1.74. The van der Waals surface area contributed by atoms with Crippen molar-refractivity contribution in [3.63, 3.8) is 0 Å². The Kier molecular flexibility index (Phi) is 7.52. The molecule has 178 valence electrons. The number of nitrogens with one attached hydrogen (secondary N) is 2. The largest absolute Gasteiger partial charge is 0.321 e. The molecular formula is C26H19Cl2FN2O3S. The van der Waals surface area contributed by atoms with Crippen LogP contribution in [0.1, 0.15) is 27.5 Å². The summed E-state index contributed by atoms with van der Waals surface area (Å²) in [6.07, 6.45) is 0. The maximum absolute atomic E-state index is 14.5. The zero-order valence-electron chi connectivity index (χ0n) is 18.1. The normalized spacial score (nSPS) is 11.4. The number of hydrogen-bond donors (Lipinski definition) is 2. The van der Waals surface area contributed by atoms with E-state index in [9.17, 15) is 17.6 Å². The average molecular weight is 529 g/mol. The lowest BCUT2D eigenvalue weighted by molar-refractivity contribution is 0.102. The van der Waals surface area contributed by atoms with E-state index in [1.807, 2.05) is 36.4 Å². The maximum Gasteiger partial charge on any atom is 0.258 e. The van der Waals surface area contributed by atoms with Gasteiger partial charge in [-0.3, -0.25) is 4.79 Å². The van der Waals surface area contributed by atoms with Crippen molar-refractivity contribution in [2.75, 3.05) is 5.32 Å². The minimum absolute atomic E-state index is 0.158. The number of carbonyl (C=O) groups excluding carboxylic acids is 1. The Labute approximate surface area is 212 Å². The van der Waals surface area contributed by atoms with E-state index < -0.39 is 33.4 Å². The molecule has 4 aromatic rings. The van der Waals surface area contributed by atoms with Gasteiger partial charge in [0.1, 0.15) is 5.82 Å². The van der Waals surface area contributed by atoms with E-state index in [1.165, 1.54) is 18.2 Å². The monoisotopic (exact) mass is 528 g/mol. The molecule has 0 unspecified atom stereocenters. The molecule has 0 aliphatic heterocycles. The summed E-state index contributed by atoms with van der Waals surface area (Å²) in [4.78, 5) is 12.5. The number of hydrogen-bond acceptors (Lipinski definition) is 3. The number of benzene rings is 4. The molecule has 4 rings (SSSR count). The summed E-state index contributed by atoms with van der Waals surface area (Å²) in [5, 5.41) is 3.00. The first-order valence-corrected chi connectivity index (χ1v) is 12.7. The molecule has 0 radical (unpaired) electrons. The highest BCUT2D eigenvalue weighted by Gasteiger charge is 2.25.